The second-order valence-corrected chi connectivity index (χ2v) is 11.3. The van der Waals surface area contributed by atoms with E-state index in [1.807, 2.05) is 6.92 Å². The van der Waals surface area contributed by atoms with Gasteiger partial charge in [-0.3, -0.25) is 0 Å². The largest absolute Gasteiger partial charge is 0.426 e. The van der Waals surface area contributed by atoms with Crippen LogP contribution in [0.1, 0.15) is 84.5 Å². The highest BCUT2D eigenvalue weighted by Crippen LogP contribution is 2.60. The van der Waals surface area contributed by atoms with Crippen LogP contribution in [0.25, 0.3) is 0 Å². The average Bonchev–Trinajstić information content (AvgIpc) is 3.10. The quantitative estimate of drug-likeness (QED) is 0.359. The molecule has 5 atom stereocenters. The van der Waals surface area contributed by atoms with Gasteiger partial charge in [0.15, 0.2) is 0 Å². The van der Waals surface area contributed by atoms with Crippen molar-refractivity contribution in [3.8, 4) is 0 Å². The number of hydrogen-bond acceptors (Lipinski definition) is 2. The van der Waals surface area contributed by atoms with Crippen LogP contribution in [0, 0.1) is 23.2 Å². The molecule has 0 radical (unpaired) electrons. The monoisotopic (exact) mass is 508 g/mol. The molecule has 0 aromatic heterocycles. The minimum absolute atomic E-state index is 0.0401. The number of rotatable bonds is 6. The van der Waals surface area contributed by atoms with Gasteiger partial charge in [0.05, 0.1) is 6.10 Å². The number of hydrogen-bond donors (Lipinski definition) is 2. The van der Waals surface area contributed by atoms with E-state index in [2.05, 4.69) is 25.7 Å². The summed E-state index contributed by atoms with van der Waals surface area (Å²) < 4.78 is 78.0. The molecule has 0 saturated heterocycles. The van der Waals surface area contributed by atoms with E-state index in [4.69, 9.17) is 0 Å². The summed E-state index contributed by atoms with van der Waals surface area (Å²) in [6, 6.07) is 0. The predicted octanol–water partition coefficient (Wildman–Crippen LogP) is 7.82. The van der Waals surface area contributed by atoms with Gasteiger partial charge >= 0.3 is 12.4 Å². The summed E-state index contributed by atoms with van der Waals surface area (Å²) >= 11 is 0. The molecule has 3 aliphatic carbocycles. The van der Waals surface area contributed by atoms with E-state index in [-0.39, 0.29) is 36.2 Å². The van der Waals surface area contributed by atoms with Crippen LogP contribution in [-0.4, -0.2) is 34.3 Å². The molecule has 3 rings (SSSR count). The van der Waals surface area contributed by atoms with E-state index < -0.39 is 24.4 Å². The van der Waals surface area contributed by atoms with Crippen LogP contribution >= 0.6 is 0 Å². The molecular formula is C27H38F6O2. The van der Waals surface area contributed by atoms with Gasteiger partial charge in [-0.15, -0.1) is 0 Å². The maximum Gasteiger partial charge on any atom is 0.426 e. The SMILES string of the molecule is C=C1CC[C@H](O)C/C1=C/C=C1\CCC[C@]2(C)[C@@H]([C@H](C)CCCC(O)(C(F)(F)F)C(F)(F)F)CC[C@@H]12. The molecular weight excluding hydrogens is 470 g/mol. The van der Waals surface area contributed by atoms with Gasteiger partial charge in [0.2, 0.25) is 0 Å². The molecule has 0 aromatic carbocycles. The van der Waals surface area contributed by atoms with Crippen molar-refractivity contribution in [2.75, 3.05) is 0 Å². The van der Waals surface area contributed by atoms with E-state index >= 15 is 0 Å². The fourth-order valence-electron chi connectivity index (χ4n) is 6.93. The third kappa shape index (κ3) is 5.68. The van der Waals surface area contributed by atoms with Gasteiger partial charge in [-0.25, -0.2) is 0 Å². The van der Waals surface area contributed by atoms with E-state index in [0.29, 0.717) is 12.3 Å². The normalized spacial score (nSPS) is 33.9. The number of aliphatic hydroxyl groups excluding tert-OH is 1. The van der Waals surface area contributed by atoms with Crippen LogP contribution in [0.15, 0.2) is 35.5 Å². The Hall–Kier alpha value is -1.28. The summed E-state index contributed by atoms with van der Waals surface area (Å²) in [4.78, 5) is 0. The lowest BCUT2D eigenvalue weighted by Crippen LogP contribution is -2.56. The van der Waals surface area contributed by atoms with Crippen molar-refractivity contribution in [3.05, 3.63) is 35.5 Å². The highest BCUT2D eigenvalue weighted by Gasteiger charge is 2.69. The standard InChI is InChI=1S/C27H38F6O2/c1-17-8-11-21(34)16-20(17)10-9-19-7-5-14-24(3)22(12-13-23(19)24)18(2)6-4-15-25(35,26(28,29)30)27(31,32)33/h9-10,18,21-23,34-35H,1,4-8,11-16H2,2-3H3/b19-9+,20-10-/t18-,21+,22-,23+,24-/m1/s1. The zero-order chi connectivity index (χ0) is 26.2. The van der Waals surface area contributed by atoms with Gasteiger partial charge in [0, 0.05) is 0 Å². The maximum atomic E-state index is 13.0. The molecule has 2 nitrogen and oxygen atoms in total. The number of alkyl halides is 6. The lowest BCUT2D eigenvalue weighted by molar-refractivity contribution is -0.370. The minimum Gasteiger partial charge on any atom is -0.393 e. The van der Waals surface area contributed by atoms with Crippen molar-refractivity contribution >= 4 is 0 Å². The first-order chi connectivity index (χ1) is 16.1. The van der Waals surface area contributed by atoms with Crippen molar-refractivity contribution in [2.24, 2.45) is 23.2 Å². The van der Waals surface area contributed by atoms with Crippen molar-refractivity contribution in [2.45, 2.75) is 109 Å². The number of fused-ring (bicyclic) bond motifs is 1. The van der Waals surface area contributed by atoms with E-state index in [1.165, 1.54) is 5.57 Å². The molecule has 0 unspecified atom stereocenters. The Morgan fingerprint density at radius 2 is 1.71 bits per heavy atom. The Morgan fingerprint density at radius 1 is 1.06 bits per heavy atom. The van der Waals surface area contributed by atoms with Gasteiger partial charge in [-0.05, 0) is 93.0 Å². The van der Waals surface area contributed by atoms with Gasteiger partial charge in [0.25, 0.3) is 5.60 Å². The Bertz CT molecular complexity index is 826. The highest BCUT2D eigenvalue weighted by atomic mass is 19.4. The summed E-state index contributed by atoms with van der Waals surface area (Å²) in [6.45, 7) is 8.26. The summed E-state index contributed by atoms with van der Waals surface area (Å²) in [6.07, 6.45) is -2.17. The first-order valence-electron chi connectivity index (χ1n) is 12.7. The second kappa shape index (κ2) is 10.2. The molecule has 0 heterocycles. The fraction of sp³-hybridized carbons (Fsp3) is 0.778. The molecule has 3 saturated carbocycles. The van der Waals surface area contributed by atoms with Gasteiger partial charge in [-0.2, -0.15) is 26.3 Å². The molecule has 200 valence electrons. The van der Waals surface area contributed by atoms with Crippen LogP contribution in [0.5, 0.6) is 0 Å². The maximum absolute atomic E-state index is 13.0. The van der Waals surface area contributed by atoms with Crippen molar-refractivity contribution in [1.29, 1.82) is 0 Å². The molecule has 0 amide bonds. The highest BCUT2D eigenvalue weighted by molar-refractivity contribution is 5.36. The lowest BCUT2D eigenvalue weighted by Gasteiger charge is -2.44. The van der Waals surface area contributed by atoms with E-state index in [0.717, 1.165) is 56.1 Å². The fourth-order valence-corrected chi connectivity index (χ4v) is 6.93. The van der Waals surface area contributed by atoms with Crippen molar-refractivity contribution in [3.63, 3.8) is 0 Å². The first-order valence-corrected chi connectivity index (χ1v) is 12.7. The smallest absolute Gasteiger partial charge is 0.393 e. The van der Waals surface area contributed by atoms with Gasteiger partial charge in [0.1, 0.15) is 0 Å². The second-order valence-electron chi connectivity index (χ2n) is 11.3. The number of aliphatic hydroxyl groups is 2. The topological polar surface area (TPSA) is 40.5 Å². The molecule has 0 aliphatic heterocycles. The summed E-state index contributed by atoms with van der Waals surface area (Å²) in [7, 11) is 0. The lowest BCUT2D eigenvalue weighted by atomic mass is 9.60. The third-order valence-corrected chi connectivity index (χ3v) is 9.05. The molecule has 3 aliphatic rings. The zero-order valence-electron chi connectivity index (χ0n) is 20.6. The number of allylic oxidation sites excluding steroid dienone is 4. The van der Waals surface area contributed by atoms with Gasteiger partial charge < -0.3 is 10.2 Å². The molecule has 2 N–H and O–H groups in total. The summed E-state index contributed by atoms with van der Waals surface area (Å²) in [5, 5.41) is 19.4. The Labute approximate surface area is 204 Å². The average molecular weight is 509 g/mol. The number of halogens is 6. The van der Waals surface area contributed by atoms with Crippen molar-refractivity contribution < 1.29 is 36.6 Å². The summed E-state index contributed by atoms with van der Waals surface area (Å²) in [5.41, 5.74) is -1.23. The Balaban J connectivity index is 1.68. The summed E-state index contributed by atoms with van der Waals surface area (Å²) in [5.74, 6) is 0.506. The molecule has 0 aromatic rings. The molecule has 3 fully saturated rings. The molecule has 0 bridgehead atoms. The molecule has 35 heavy (non-hydrogen) atoms. The Kier molecular flexibility index (Phi) is 8.27. The molecule has 0 spiro atoms. The van der Waals surface area contributed by atoms with Gasteiger partial charge in [-0.1, -0.05) is 50.1 Å². The van der Waals surface area contributed by atoms with E-state index in [1.54, 1.807) is 0 Å². The Morgan fingerprint density at radius 3 is 2.34 bits per heavy atom. The van der Waals surface area contributed by atoms with Crippen LogP contribution in [0.2, 0.25) is 0 Å². The van der Waals surface area contributed by atoms with Crippen LogP contribution in [-0.2, 0) is 0 Å². The van der Waals surface area contributed by atoms with Crippen LogP contribution < -0.4 is 0 Å². The predicted molar refractivity (Wildman–Crippen MR) is 123 cm³/mol. The zero-order valence-corrected chi connectivity index (χ0v) is 20.6. The third-order valence-electron chi connectivity index (χ3n) is 9.05. The first kappa shape index (κ1) is 28.3. The molecule has 8 heteroatoms. The van der Waals surface area contributed by atoms with E-state index in [9.17, 15) is 36.6 Å². The van der Waals surface area contributed by atoms with Crippen LogP contribution in [0.3, 0.4) is 0 Å². The van der Waals surface area contributed by atoms with Crippen LogP contribution in [0.4, 0.5) is 26.3 Å². The van der Waals surface area contributed by atoms with Crippen molar-refractivity contribution in [1.82, 2.24) is 0 Å². The minimum atomic E-state index is -5.75.